The summed E-state index contributed by atoms with van der Waals surface area (Å²) in [6.45, 7) is 0.639. The lowest BCUT2D eigenvalue weighted by Crippen LogP contribution is -2.22. The third-order valence-electron chi connectivity index (χ3n) is 3.66. The summed E-state index contributed by atoms with van der Waals surface area (Å²) in [5.74, 6) is 0.391. The normalized spacial score (nSPS) is 10.7. The number of para-hydroxylation sites is 1. The molecule has 3 aromatic rings. The molecule has 0 bridgehead atoms. The fourth-order valence-corrected chi connectivity index (χ4v) is 2.55. The Labute approximate surface area is 123 Å². The number of fused-ring (bicyclic) bond motifs is 1. The van der Waals surface area contributed by atoms with E-state index >= 15 is 0 Å². The van der Waals surface area contributed by atoms with Crippen LogP contribution in [0.1, 0.15) is 5.56 Å². The van der Waals surface area contributed by atoms with Crippen LogP contribution in [0.15, 0.2) is 65.5 Å². The van der Waals surface area contributed by atoms with Gasteiger partial charge >= 0.3 is 0 Å². The molecule has 0 N–H and O–H groups in total. The first-order valence-electron chi connectivity index (χ1n) is 7.00. The van der Waals surface area contributed by atoms with Gasteiger partial charge in [-0.25, -0.2) is 0 Å². The monoisotopic (exact) mass is 279 g/mol. The lowest BCUT2D eigenvalue weighted by molar-refractivity contribution is 0.404. The Balaban J connectivity index is 2.04. The van der Waals surface area contributed by atoms with Crippen LogP contribution < -0.4 is 10.3 Å². The molecule has 2 aromatic carbocycles. The molecule has 3 rings (SSSR count). The number of benzene rings is 2. The van der Waals surface area contributed by atoms with Gasteiger partial charge in [0, 0.05) is 11.9 Å². The van der Waals surface area contributed by atoms with E-state index in [9.17, 15) is 4.79 Å². The second-order valence-corrected chi connectivity index (χ2v) is 4.96. The van der Waals surface area contributed by atoms with Crippen molar-refractivity contribution in [1.29, 1.82) is 0 Å². The van der Waals surface area contributed by atoms with E-state index in [0.717, 1.165) is 17.3 Å². The van der Waals surface area contributed by atoms with E-state index in [1.54, 1.807) is 10.6 Å². The van der Waals surface area contributed by atoms with E-state index < -0.39 is 0 Å². The molecule has 3 heteroatoms. The number of aromatic nitrogens is 1. The molecule has 0 amide bonds. The lowest BCUT2D eigenvalue weighted by atomic mass is 10.1. The number of methoxy groups -OCH3 is 1. The number of aryl methyl sites for hydroxylation is 2. The van der Waals surface area contributed by atoms with Crippen LogP contribution in [0.3, 0.4) is 0 Å². The van der Waals surface area contributed by atoms with Gasteiger partial charge in [0.2, 0.25) is 0 Å². The van der Waals surface area contributed by atoms with Crippen molar-refractivity contribution in [2.24, 2.45) is 0 Å². The largest absolute Gasteiger partial charge is 0.491 e. The van der Waals surface area contributed by atoms with Gasteiger partial charge in [0.25, 0.3) is 5.56 Å². The third-order valence-corrected chi connectivity index (χ3v) is 3.66. The lowest BCUT2D eigenvalue weighted by Gasteiger charge is -2.12. The number of hydrogen-bond acceptors (Lipinski definition) is 2. The zero-order valence-electron chi connectivity index (χ0n) is 12.0. The number of rotatable bonds is 4. The predicted molar refractivity (Wildman–Crippen MR) is 84.9 cm³/mol. The molecule has 0 spiro atoms. The highest BCUT2D eigenvalue weighted by atomic mass is 16.5. The molecule has 0 unspecified atom stereocenters. The highest BCUT2D eigenvalue weighted by Gasteiger charge is 2.09. The molecule has 3 nitrogen and oxygen atoms in total. The second-order valence-electron chi connectivity index (χ2n) is 4.96. The van der Waals surface area contributed by atoms with Gasteiger partial charge in [0.1, 0.15) is 0 Å². The first kappa shape index (κ1) is 13.4. The first-order valence-corrected chi connectivity index (χ1v) is 7.00. The maximum atomic E-state index is 12.5. The van der Waals surface area contributed by atoms with Gasteiger partial charge in [-0.2, -0.15) is 0 Å². The van der Waals surface area contributed by atoms with Crippen LogP contribution in [0.5, 0.6) is 5.75 Å². The van der Waals surface area contributed by atoms with Gasteiger partial charge in [-0.3, -0.25) is 4.79 Å². The highest BCUT2D eigenvalue weighted by molar-refractivity contribution is 5.80. The van der Waals surface area contributed by atoms with Crippen molar-refractivity contribution in [2.45, 2.75) is 13.0 Å². The fraction of sp³-hybridized carbons (Fsp3) is 0.167. The average molecular weight is 279 g/mol. The Hall–Kier alpha value is -2.55. The molecular formula is C18H17NO2. The van der Waals surface area contributed by atoms with Crippen molar-refractivity contribution in [3.63, 3.8) is 0 Å². The van der Waals surface area contributed by atoms with E-state index in [4.69, 9.17) is 4.74 Å². The quantitative estimate of drug-likeness (QED) is 0.734. The summed E-state index contributed by atoms with van der Waals surface area (Å²) in [6.07, 6.45) is 0.817. The highest BCUT2D eigenvalue weighted by Crippen LogP contribution is 2.17. The molecule has 1 heterocycles. The minimum atomic E-state index is -0.0767. The molecule has 21 heavy (non-hydrogen) atoms. The number of pyridine rings is 1. The van der Waals surface area contributed by atoms with Crippen LogP contribution in [0.4, 0.5) is 0 Å². The smallest absolute Gasteiger partial charge is 0.293 e. The van der Waals surface area contributed by atoms with E-state index in [0.29, 0.717) is 12.3 Å². The minimum Gasteiger partial charge on any atom is -0.491 e. The Morgan fingerprint density at radius 1 is 1.00 bits per heavy atom. The molecule has 0 saturated carbocycles. The molecule has 0 aliphatic rings. The predicted octanol–water partition coefficient (Wildman–Crippen LogP) is 3.25. The Morgan fingerprint density at radius 3 is 2.48 bits per heavy atom. The average Bonchev–Trinajstić information content (AvgIpc) is 2.54. The van der Waals surface area contributed by atoms with Gasteiger partial charge < -0.3 is 9.30 Å². The van der Waals surface area contributed by atoms with Crippen molar-refractivity contribution >= 4 is 10.9 Å². The molecule has 0 radical (unpaired) electrons. The van der Waals surface area contributed by atoms with Gasteiger partial charge in [-0.1, -0.05) is 48.5 Å². The maximum Gasteiger partial charge on any atom is 0.293 e. The summed E-state index contributed by atoms with van der Waals surface area (Å²) >= 11 is 0. The number of ether oxygens (including phenoxy) is 1. The number of nitrogens with zero attached hydrogens (tertiary/aromatic N) is 1. The van der Waals surface area contributed by atoms with Gasteiger partial charge in [-0.05, 0) is 24.1 Å². The topological polar surface area (TPSA) is 31.2 Å². The van der Waals surface area contributed by atoms with Crippen LogP contribution >= 0.6 is 0 Å². The summed E-state index contributed by atoms with van der Waals surface area (Å²) in [5, 5.41) is 1.02. The second kappa shape index (κ2) is 5.83. The maximum absolute atomic E-state index is 12.5. The van der Waals surface area contributed by atoms with Crippen LogP contribution in [0.2, 0.25) is 0 Å². The minimum absolute atomic E-state index is 0.0767. The molecule has 0 fully saturated rings. The molecule has 0 aliphatic carbocycles. The summed E-state index contributed by atoms with van der Waals surface area (Å²) in [4.78, 5) is 12.5. The zero-order chi connectivity index (χ0) is 14.7. The molecular weight excluding hydrogens is 262 g/mol. The van der Waals surface area contributed by atoms with E-state index in [1.165, 1.54) is 12.7 Å². The van der Waals surface area contributed by atoms with Gasteiger partial charge in [0.05, 0.1) is 12.6 Å². The summed E-state index contributed by atoms with van der Waals surface area (Å²) in [7, 11) is 1.53. The SMILES string of the molecule is COc1cc2ccccc2n(CCc2ccccc2)c1=O. The Kier molecular flexibility index (Phi) is 3.73. The van der Waals surface area contributed by atoms with Gasteiger partial charge in [-0.15, -0.1) is 0 Å². The Morgan fingerprint density at radius 2 is 1.71 bits per heavy atom. The molecule has 0 saturated heterocycles. The summed E-state index contributed by atoms with van der Waals surface area (Å²) in [5.41, 5.74) is 2.09. The standard InChI is InChI=1S/C18H17NO2/c1-21-17-13-15-9-5-6-10-16(15)19(18(17)20)12-11-14-7-3-2-4-8-14/h2-10,13H,11-12H2,1H3. The van der Waals surface area contributed by atoms with Crippen molar-refractivity contribution in [3.05, 3.63) is 76.6 Å². The van der Waals surface area contributed by atoms with Crippen LogP contribution in [0, 0.1) is 0 Å². The molecule has 0 aliphatic heterocycles. The van der Waals surface area contributed by atoms with Gasteiger partial charge in [0.15, 0.2) is 5.75 Å². The molecule has 1 aromatic heterocycles. The van der Waals surface area contributed by atoms with Crippen molar-refractivity contribution < 1.29 is 4.74 Å². The zero-order valence-corrected chi connectivity index (χ0v) is 12.0. The van der Waals surface area contributed by atoms with E-state index in [1.807, 2.05) is 42.5 Å². The first-order chi connectivity index (χ1) is 10.3. The van der Waals surface area contributed by atoms with Crippen LogP contribution in [0.25, 0.3) is 10.9 Å². The third kappa shape index (κ3) is 2.68. The van der Waals surface area contributed by atoms with E-state index in [2.05, 4.69) is 12.1 Å². The molecule has 106 valence electrons. The molecule has 0 atom stereocenters. The van der Waals surface area contributed by atoms with Crippen molar-refractivity contribution in [2.75, 3.05) is 7.11 Å². The van der Waals surface area contributed by atoms with Crippen LogP contribution in [-0.2, 0) is 13.0 Å². The van der Waals surface area contributed by atoms with Crippen molar-refractivity contribution in [1.82, 2.24) is 4.57 Å². The Bertz CT molecular complexity index is 806. The van der Waals surface area contributed by atoms with Crippen LogP contribution in [-0.4, -0.2) is 11.7 Å². The van der Waals surface area contributed by atoms with E-state index in [-0.39, 0.29) is 5.56 Å². The summed E-state index contributed by atoms with van der Waals surface area (Å²) in [6, 6.07) is 19.9. The number of hydrogen-bond donors (Lipinski definition) is 0. The van der Waals surface area contributed by atoms with Crippen molar-refractivity contribution in [3.8, 4) is 5.75 Å². The fourth-order valence-electron chi connectivity index (χ4n) is 2.55. The summed E-state index contributed by atoms with van der Waals surface area (Å²) < 4.78 is 7.01.